The number of carboxylic acid groups (broad SMARTS) is 1. The Bertz CT molecular complexity index is 729. The van der Waals surface area contributed by atoms with Crippen molar-refractivity contribution in [2.75, 3.05) is 13.1 Å². The fourth-order valence-corrected chi connectivity index (χ4v) is 4.16. The Morgan fingerprint density at radius 2 is 1.96 bits per heavy atom. The van der Waals surface area contributed by atoms with Crippen molar-refractivity contribution < 1.29 is 9.90 Å². The molecule has 4 heteroatoms. The Hall–Kier alpha value is -1.65. The van der Waals surface area contributed by atoms with Crippen LogP contribution >= 0.6 is 15.9 Å². The van der Waals surface area contributed by atoms with Gasteiger partial charge in [0.1, 0.15) is 0 Å². The quantitative estimate of drug-likeness (QED) is 0.774. The van der Waals surface area contributed by atoms with Crippen molar-refractivity contribution in [2.45, 2.75) is 32.2 Å². The second-order valence-corrected chi connectivity index (χ2v) is 7.55. The Balaban J connectivity index is 1.99. The minimum atomic E-state index is -0.683. The topological polar surface area (TPSA) is 40.5 Å². The predicted octanol–water partition coefficient (Wildman–Crippen LogP) is 4.90. The first-order chi connectivity index (χ1) is 12.1. The van der Waals surface area contributed by atoms with E-state index in [1.807, 2.05) is 12.1 Å². The number of benzene rings is 2. The van der Waals surface area contributed by atoms with E-state index in [0.717, 1.165) is 30.3 Å². The minimum absolute atomic E-state index is 0.0728. The molecule has 2 aromatic rings. The van der Waals surface area contributed by atoms with E-state index in [1.165, 1.54) is 16.7 Å². The van der Waals surface area contributed by atoms with Crippen LogP contribution in [0.15, 0.2) is 53.0 Å². The maximum atomic E-state index is 11.5. The van der Waals surface area contributed by atoms with Crippen LogP contribution in [0.3, 0.4) is 0 Å². The first-order valence-corrected chi connectivity index (χ1v) is 9.69. The Morgan fingerprint density at radius 3 is 2.60 bits per heavy atom. The Labute approximate surface area is 157 Å². The van der Waals surface area contributed by atoms with E-state index < -0.39 is 5.97 Å². The van der Waals surface area contributed by atoms with Gasteiger partial charge in [0, 0.05) is 11.0 Å². The van der Waals surface area contributed by atoms with E-state index in [4.69, 9.17) is 0 Å². The smallest absolute Gasteiger partial charge is 0.307 e. The van der Waals surface area contributed by atoms with Gasteiger partial charge in [-0.1, -0.05) is 65.3 Å². The molecule has 1 aliphatic rings. The third-order valence-electron chi connectivity index (χ3n) is 5.07. The van der Waals surface area contributed by atoms with Crippen molar-refractivity contribution in [1.29, 1.82) is 0 Å². The second kappa shape index (κ2) is 8.15. The minimum Gasteiger partial charge on any atom is -0.481 e. The Kier molecular flexibility index (Phi) is 5.92. The third-order valence-corrected chi connectivity index (χ3v) is 5.79. The first kappa shape index (κ1) is 18.2. The molecule has 0 radical (unpaired) electrons. The zero-order valence-corrected chi connectivity index (χ0v) is 16.1. The molecule has 3 nitrogen and oxygen atoms in total. The van der Waals surface area contributed by atoms with Crippen molar-refractivity contribution in [2.24, 2.45) is 5.92 Å². The van der Waals surface area contributed by atoms with Gasteiger partial charge in [0.15, 0.2) is 0 Å². The number of halogens is 1. The van der Waals surface area contributed by atoms with E-state index in [2.05, 4.69) is 64.2 Å². The normalized spacial score (nSPS) is 19.5. The summed E-state index contributed by atoms with van der Waals surface area (Å²) in [6, 6.07) is 17.1. The largest absolute Gasteiger partial charge is 0.481 e. The molecule has 132 valence electrons. The maximum absolute atomic E-state index is 11.5. The van der Waals surface area contributed by atoms with E-state index in [1.54, 1.807) is 0 Å². The van der Waals surface area contributed by atoms with Crippen LogP contribution in [0, 0.1) is 5.92 Å². The number of hydrogen-bond acceptors (Lipinski definition) is 2. The summed E-state index contributed by atoms with van der Waals surface area (Å²) in [7, 11) is 0. The molecule has 0 saturated carbocycles. The summed E-state index contributed by atoms with van der Waals surface area (Å²) in [6.45, 7) is 3.67. The van der Waals surface area contributed by atoms with Crippen LogP contribution in [-0.2, 0) is 11.2 Å². The third kappa shape index (κ3) is 4.13. The molecule has 0 amide bonds. The average Bonchev–Trinajstić information content (AvgIpc) is 2.64. The van der Waals surface area contributed by atoms with Crippen LogP contribution in [0.4, 0.5) is 0 Å². The van der Waals surface area contributed by atoms with Crippen molar-refractivity contribution in [1.82, 2.24) is 4.90 Å². The molecule has 1 heterocycles. The molecule has 2 unspecified atom stereocenters. The van der Waals surface area contributed by atoms with Gasteiger partial charge in [0.2, 0.25) is 0 Å². The zero-order valence-electron chi connectivity index (χ0n) is 14.5. The summed E-state index contributed by atoms with van der Waals surface area (Å²) in [5.74, 6) is -0.967. The van der Waals surface area contributed by atoms with Gasteiger partial charge in [-0.15, -0.1) is 0 Å². The lowest BCUT2D eigenvalue weighted by Crippen LogP contribution is -2.41. The van der Waals surface area contributed by atoms with Crippen molar-refractivity contribution in [3.05, 3.63) is 69.7 Å². The molecule has 0 spiro atoms. The lowest BCUT2D eigenvalue weighted by molar-refractivity contribution is -0.143. The number of aliphatic carboxylic acids is 1. The molecular weight excluding hydrogens is 378 g/mol. The highest BCUT2D eigenvalue weighted by molar-refractivity contribution is 9.10. The van der Waals surface area contributed by atoms with E-state index in [-0.39, 0.29) is 12.0 Å². The number of carbonyl (C=O) groups is 1. The molecular formula is C21H24BrNO2. The summed E-state index contributed by atoms with van der Waals surface area (Å²) in [4.78, 5) is 13.8. The molecule has 1 N–H and O–H groups in total. The molecule has 1 fully saturated rings. The van der Waals surface area contributed by atoms with E-state index in [0.29, 0.717) is 6.54 Å². The SMILES string of the molecule is CCc1ccc(C(c2ccccc2Br)N2CCCC(C(=O)O)C2)cc1. The lowest BCUT2D eigenvalue weighted by Gasteiger charge is -2.38. The van der Waals surface area contributed by atoms with Gasteiger partial charge in [-0.3, -0.25) is 9.69 Å². The van der Waals surface area contributed by atoms with Crippen LogP contribution in [-0.4, -0.2) is 29.1 Å². The number of rotatable bonds is 5. The summed E-state index contributed by atoms with van der Waals surface area (Å²) in [5.41, 5.74) is 3.73. The molecule has 2 atom stereocenters. The fourth-order valence-electron chi connectivity index (χ4n) is 3.66. The van der Waals surface area contributed by atoms with Crippen LogP contribution in [0.1, 0.15) is 42.5 Å². The number of carboxylic acids is 1. The molecule has 0 aromatic heterocycles. The highest BCUT2D eigenvalue weighted by Crippen LogP contribution is 2.36. The van der Waals surface area contributed by atoms with Gasteiger partial charge in [-0.2, -0.15) is 0 Å². The fraction of sp³-hybridized carbons (Fsp3) is 0.381. The molecule has 1 aliphatic heterocycles. The van der Waals surface area contributed by atoms with Crippen LogP contribution in [0.5, 0.6) is 0 Å². The molecule has 25 heavy (non-hydrogen) atoms. The average molecular weight is 402 g/mol. The first-order valence-electron chi connectivity index (χ1n) is 8.90. The van der Waals surface area contributed by atoms with Gasteiger partial charge >= 0.3 is 5.97 Å². The molecule has 0 aliphatic carbocycles. The standard InChI is InChI=1S/C21H24BrNO2/c1-2-15-9-11-16(12-10-15)20(18-7-3-4-8-19(18)22)23-13-5-6-17(14-23)21(24)25/h3-4,7-12,17,20H,2,5-6,13-14H2,1H3,(H,24,25). The summed E-state index contributed by atoms with van der Waals surface area (Å²) in [6.07, 6.45) is 2.71. The number of nitrogens with zero attached hydrogens (tertiary/aromatic N) is 1. The summed E-state index contributed by atoms with van der Waals surface area (Å²) in [5, 5.41) is 9.47. The number of likely N-dealkylation sites (tertiary alicyclic amines) is 1. The number of hydrogen-bond donors (Lipinski definition) is 1. The van der Waals surface area contributed by atoms with Crippen molar-refractivity contribution in [3.63, 3.8) is 0 Å². The van der Waals surface area contributed by atoms with Crippen LogP contribution in [0.25, 0.3) is 0 Å². The Morgan fingerprint density at radius 1 is 1.24 bits per heavy atom. The second-order valence-electron chi connectivity index (χ2n) is 6.69. The zero-order chi connectivity index (χ0) is 17.8. The van der Waals surface area contributed by atoms with E-state index >= 15 is 0 Å². The highest BCUT2D eigenvalue weighted by Gasteiger charge is 2.31. The van der Waals surface area contributed by atoms with E-state index in [9.17, 15) is 9.90 Å². The van der Waals surface area contributed by atoms with Gasteiger partial charge < -0.3 is 5.11 Å². The van der Waals surface area contributed by atoms with Crippen molar-refractivity contribution >= 4 is 21.9 Å². The van der Waals surface area contributed by atoms with Crippen LogP contribution in [0.2, 0.25) is 0 Å². The molecule has 0 bridgehead atoms. The van der Waals surface area contributed by atoms with Gasteiger partial charge in [0.25, 0.3) is 0 Å². The molecule has 1 saturated heterocycles. The predicted molar refractivity (Wildman–Crippen MR) is 104 cm³/mol. The lowest BCUT2D eigenvalue weighted by atomic mass is 9.91. The van der Waals surface area contributed by atoms with Crippen LogP contribution < -0.4 is 0 Å². The maximum Gasteiger partial charge on any atom is 0.307 e. The molecule has 3 rings (SSSR count). The van der Waals surface area contributed by atoms with Crippen molar-refractivity contribution in [3.8, 4) is 0 Å². The summed E-state index contributed by atoms with van der Waals surface area (Å²) >= 11 is 3.69. The molecule has 2 aromatic carbocycles. The highest BCUT2D eigenvalue weighted by atomic mass is 79.9. The van der Waals surface area contributed by atoms with Gasteiger partial charge in [-0.25, -0.2) is 0 Å². The van der Waals surface area contributed by atoms with Gasteiger partial charge in [-0.05, 0) is 48.6 Å². The van der Waals surface area contributed by atoms with Gasteiger partial charge in [0.05, 0.1) is 12.0 Å². The monoisotopic (exact) mass is 401 g/mol. The summed E-state index contributed by atoms with van der Waals surface area (Å²) < 4.78 is 1.07. The number of piperidine rings is 1. The number of aryl methyl sites for hydroxylation is 1.